The Bertz CT molecular complexity index is 1370. The van der Waals surface area contributed by atoms with E-state index in [4.69, 9.17) is 34.2 Å². The highest BCUT2D eigenvalue weighted by atomic mass is 35.5. The lowest BCUT2D eigenvalue weighted by molar-refractivity contribution is -0.138. The van der Waals surface area contributed by atoms with Gasteiger partial charge < -0.3 is 15.4 Å². The van der Waals surface area contributed by atoms with E-state index < -0.39 is 23.6 Å². The molecular formula is C28H24Cl2F3N3O3. The number of halogens is 5. The number of amides is 1. The van der Waals surface area contributed by atoms with Gasteiger partial charge in [-0.1, -0.05) is 54.0 Å². The molecule has 0 aliphatic carbocycles. The summed E-state index contributed by atoms with van der Waals surface area (Å²) in [5, 5.41) is 13.3. The first-order valence-electron chi connectivity index (χ1n) is 11.5. The molecule has 11 heteroatoms. The Hall–Kier alpha value is -3.79. The minimum Gasteiger partial charge on any atom is -0.481 e. The lowest BCUT2D eigenvalue weighted by Crippen LogP contribution is -2.29. The van der Waals surface area contributed by atoms with Gasteiger partial charge in [-0.15, -0.1) is 0 Å². The lowest BCUT2D eigenvalue weighted by atomic mass is 10.0. The Morgan fingerprint density at radius 3 is 2.05 bits per heavy atom. The fourth-order valence-corrected chi connectivity index (χ4v) is 4.10. The fraction of sp³-hybridized carbons (Fsp3) is 0.143. The maximum absolute atomic E-state index is 13.1. The highest BCUT2D eigenvalue weighted by Crippen LogP contribution is 2.32. The Morgan fingerprint density at radius 1 is 0.949 bits per heavy atom. The van der Waals surface area contributed by atoms with Crippen molar-refractivity contribution in [2.24, 2.45) is 5.84 Å². The summed E-state index contributed by atoms with van der Waals surface area (Å²) in [6.07, 6.45) is -3.07. The summed E-state index contributed by atoms with van der Waals surface area (Å²) in [5.41, 5.74) is 2.09. The van der Waals surface area contributed by atoms with Crippen LogP contribution in [0.5, 0.6) is 0 Å². The average Bonchev–Trinajstić information content (AvgIpc) is 2.86. The van der Waals surface area contributed by atoms with Gasteiger partial charge in [0.05, 0.1) is 24.2 Å². The van der Waals surface area contributed by atoms with Crippen molar-refractivity contribution >= 4 is 46.3 Å². The highest BCUT2D eigenvalue weighted by molar-refractivity contribution is 6.34. The van der Waals surface area contributed by atoms with Crippen LogP contribution >= 0.6 is 23.2 Å². The van der Waals surface area contributed by atoms with Crippen molar-refractivity contribution < 1.29 is 27.9 Å². The van der Waals surface area contributed by atoms with E-state index in [2.05, 4.69) is 11.9 Å². The minimum atomic E-state index is -4.49. The third-order valence-corrected chi connectivity index (χ3v) is 5.99. The van der Waals surface area contributed by atoms with Gasteiger partial charge in [-0.3, -0.25) is 9.59 Å². The number of carbonyl (C=O) groups excluding carboxylic acids is 1. The van der Waals surface area contributed by atoms with E-state index in [0.29, 0.717) is 43.6 Å². The van der Waals surface area contributed by atoms with Crippen LogP contribution < -0.4 is 11.2 Å². The Morgan fingerprint density at radius 2 is 1.51 bits per heavy atom. The molecule has 4 N–H and O–H groups in total. The molecule has 204 valence electrons. The molecule has 3 rings (SSSR count). The smallest absolute Gasteiger partial charge is 0.416 e. The number of hydrazine groups is 1. The summed E-state index contributed by atoms with van der Waals surface area (Å²) >= 11 is 12.2. The van der Waals surface area contributed by atoms with Crippen molar-refractivity contribution in [3.05, 3.63) is 117 Å². The number of nitrogens with one attached hydrogen (secondary N) is 1. The number of nitrogens with zero attached hydrogens (tertiary/aromatic N) is 1. The van der Waals surface area contributed by atoms with Crippen molar-refractivity contribution in [3.8, 4) is 0 Å². The number of allylic oxidation sites excluding steroid dienone is 2. The Labute approximate surface area is 233 Å². The monoisotopic (exact) mass is 577 g/mol. The summed E-state index contributed by atoms with van der Waals surface area (Å²) in [5.74, 6) is 4.96. The molecule has 6 nitrogen and oxygen atoms in total. The summed E-state index contributed by atoms with van der Waals surface area (Å²) < 4.78 is 39.4. The molecule has 3 aromatic rings. The van der Waals surface area contributed by atoms with E-state index in [1.54, 1.807) is 48.5 Å². The molecule has 0 aliphatic heterocycles. The van der Waals surface area contributed by atoms with Gasteiger partial charge in [0.2, 0.25) is 0 Å². The summed E-state index contributed by atoms with van der Waals surface area (Å²) in [6.45, 7) is 4.18. The first kappa shape index (κ1) is 29.8. The number of rotatable bonds is 10. The van der Waals surface area contributed by atoms with Crippen LogP contribution in [0.25, 0.3) is 11.3 Å². The number of nitrogens with two attached hydrogens (primary N) is 1. The summed E-state index contributed by atoms with van der Waals surface area (Å²) in [4.78, 5) is 22.8. The van der Waals surface area contributed by atoms with Crippen molar-refractivity contribution in [3.63, 3.8) is 0 Å². The first-order valence-corrected chi connectivity index (χ1v) is 12.2. The maximum Gasteiger partial charge on any atom is 0.416 e. The Balaban J connectivity index is 1.87. The van der Waals surface area contributed by atoms with Gasteiger partial charge in [-0.2, -0.15) is 13.2 Å². The van der Waals surface area contributed by atoms with E-state index in [-0.39, 0.29) is 19.5 Å². The van der Waals surface area contributed by atoms with Gasteiger partial charge in [0.25, 0.3) is 5.91 Å². The minimum absolute atomic E-state index is 0.00446. The highest BCUT2D eigenvalue weighted by Gasteiger charge is 2.30. The molecule has 0 saturated carbocycles. The maximum atomic E-state index is 13.1. The summed E-state index contributed by atoms with van der Waals surface area (Å²) in [7, 11) is 0. The van der Waals surface area contributed by atoms with Crippen LogP contribution in [0.15, 0.2) is 79.4 Å². The van der Waals surface area contributed by atoms with E-state index >= 15 is 0 Å². The molecule has 3 aromatic carbocycles. The zero-order valence-corrected chi connectivity index (χ0v) is 21.9. The van der Waals surface area contributed by atoms with Gasteiger partial charge in [-0.05, 0) is 70.8 Å². The SMILES string of the molecule is C=C(/C=C(/c1ccc(C(F)(F)F)cc1)N(N)Cc1ccc(C(=O)NCCC(=O)O)cc1)c1cc(Cl)cc(Cl)c1. The largest absolute Gasteiger partial charge is 0.481 e. The van der Waals surface area contributed by atoms with Crippen LogP contribution in [0.4, 0.5) is 13.2 Å². The third kappa shape index (κ3) is 8.61. The van der Waals surface area contributed by atoms with Gasteiger partial charge in [0.1, 0.15) is 0 Å². The van der Waals surface area contributed by atoms with Gasteiger partial charge >= 0.3 is 12.1 Å². The van der Waals surface area contributed by atoms with E-state index in [9.17, 15) is 22.8 Å². The molecule has 0 aromatic heterocycles. The molecular weight excluding hydrogens is 554 g/mol. The fourth-order valence-electron chi connectivity index (χ4n) is 3.58. The lowest BCUT2D eigenvalue weighted by Gasteiger charge is -2.24. The molecule has 0 aliphatic rings. The van der Waals surface area contributed by atoms with E-state index in [1.165, 1.54) is 17.1 Å². The van der Waals surface area contributed by atoms with E-state index in [1.807, 2.05) is 0 Å². The second-order valence-electron chi connectivity index (χ2n) is 8.51. The molecule has 0 unspecified atom stereocenters. The Kier molecular flexibility index (Phi) is 9.80. The number of hydrogen-bond acceptors (Lipinski definition) is 4. The standard InChI is InChI=1S/C28H24Cl2F3N3O3/c1-17(21-13-23(29)15-24(30)14-21)12-25(19-6-8-22(9-7-19)28(31,32)33)36(34)16-18-2-4-20(5-3-18)27(39)35-11-10-26(37)38/h2-9,12-15H,1,10-11,16,34H2,(H,35,39)(H,37,38)/b25-12-. The van der Waals surface area contributed by atoms with Gasteiger partial charge in [-0.25, -0.2) is 5.84 Å². The number of carboxylic acids is 1. The molecule has 0 bridgehead atoms. The van der Waals surface area contributed by atoms with Crippen LogP contribution in [-0.4, -0.2) is 28.5 Å². The van der Waals surface area contributed by atoms with Gasteiger partial charge in [0.15, 0.2) is 0 Å². The molecule has 0 saturated heterocycles. The molecule has 0 atom stereocenters. The zero-order chi connectivity index (χ0) is 28.7. The molecule has 39 heavy (non-hydrogen) atoms. The van der Waals surface area contributed by atoms with Crippen LogP contribution in [0.2, 0.25) is 10.0 Å². The van der Waals surface area contributed by atoms with Crippen molar-refractivity contribution in [2.45, 2.75) is 19.1 Å². The normalized spacial score (nSPS) is 11.7. The zero-order valence-electron chi connectivity index (χ0n) is 20.4. The van der Waals surface area contributed by atoms with Crippen molar-refractivity contribution in [2.75, 3.05) is 6.54 Å². The molecule has 1 amide bonds. The average molecular weight is 578 g/mol. The number of benzene rings is 3. The number of carbonyl (C=O) groups is 2. The molecule has 0 heterocycles. The topological polar surface area (TPSA) is 95.7 Å². The predicted octanol–water partition coefficient (Wildman–Crippen LogP) is 6.65. The molecule has 0 spiro atoms. The third-order valence-electron chi connectivity index (χ3n) is 5.56. The van der Waals surface area contributed by atoms with Gasteiger partial charge in [0, 0.05) is 22.2 Å². The predicted molar refractivity (Wildman–Crippen MR) is 146 cm³/mol. The second kappa shape index (κ2) is 12.8. The van der Waals surface area contributed by atoms with Crippen molar-refractivity contribution in [1.82, 2.24) is 10.3 Å². The number of carboxylic acid groups (broad SMARTS) is 1. The van der Waals surface area contributed by atoms with Crippen LogP contribution in [0.1, 0.15) is 39.0 Å². The van der Waals surface area contributed by atoms with E-state index in [0.717, 1.165) is 12.1 Å². The second-order valence-corrected chi connectivity index (χ2v) is 9.39. The quantitative estimate of drug-likeness (QED) is 0.142. The molecule has 0 fully saturated rings. The first-order chi connectivity index (χ1) is 18.3. The van der Waals surface area contributed by atoms with Crippen LogP contribution in [0, 0.1) is 0 Å². The van der Waals surface area contributed by atoms with Crippen LogP contribution in [-0.2, 0) is 17.5 Å². The van der Waals surface area contributed by atoms with Crippen molar-refractivity contribution in [1.29, 1.82) is 0 Å². The number of aliphatic carboxylic acids is 1. The molecule has 0 radical (unpaired) electrons. The number of hydrogen-bond donors (Lipinski definition) is 3. The number of alkyl halides is 3. The van der Waals surface area contributed by atoms with Crippen LogP contribution in [0.3, 0.4) is 0 Å². The summed E-state index contributed by atoms with van der Waals surface area (Å²) in [6, 6.07) is 15.9.